The number of ketones is 1. The second kappa shape index (κ2) is 8.36. The van der Waals surface area contributed by atoms with Crippen LogP contribution < -0.4 is 9.47 Å². The van der Waals surface area contributed by atoms with Crippen LogP contribution in [0.25, 0.3) is 0 Å². The van der Waals surface area contributed by atoms with Crippen molar-refractivity contribution in [1.29, 1.82) is 0 Å². The Bertz CT molecular complexity index is 784. The van der Waals surface area contributed by atoms with E-state index in [9.17, 15) is 4.79 Å². The number of rotatable bonds is 6. The maximum absolute atomic E-state index is 13.3. The highest BCUT2D eigenvalue weighted by Crippen LogP contribution is 2.39. The molecule has 2 aromatic carbocycles. The molecule has 2 fully saturated rings. The van der Waals surface area contributed by atoms with E-state index in [1.807, 2.05) is 18.2 Å². The molecule has 2 saturated heterocycles. The summed E-state index contributed by atoms with van der Waals surface area (Å²) in [6, 6.07) is 17.2. The highest BCUT2D eigenvalue weighted by molar-refractivity contribution is 5.98. The summed E-state index contributed by atoms with van der Waals surface area (Å²) in [4.78, 5) is 16.0. The minimum absolute atomic E-state index is 0.0825. The fourth-order valence-corrected chi connectivity index (χ4v) is 4.93. The number of piperidine rings is 2. The van der Waals surface area contributed by atoms with Gasteiger partial charge in [0.05, 0.1) is 14.2 Å². The largest absolute Gasteiger partial charge is 0.497 e. The molecule has 0 aliphatic carbocycles. The Morgan fingerprint density at radius 2 is 1.57 bits per heavy atom. The van der Waals surface area contributed by atoms with Gasteiger partial charge in [-0.1, -0.05) is 36.8 Å². The molecule has 2 aliphatic rings. The molecule has 4 rings (SSSR count). The van der Waals surface area contributed by atoms with E-state index in [-0.39, 0.29) is 11.7 Å². The lowest BCUT2D eigenvalue weighted by molar-refractivity contribution is 0.00905. The van der Waals surface area contributed by atoms with Gasteiger partial charge >= 0.3 is 0 Å². The molecule has 0 amide bonds. The Balaban J connectivity index is 1.51. The maximum atomic E-state index is 13.3. The van der Waals surface area contributed by atoms with E-state index in [2.05, 4.69) is 35.2 Å². The number of Topliss-reactive ketones (excluding diaryl/α,β-unsaturated/α-hetero) is 1. The Hall–Kier alpha value is -2.33. The molecule has 2 aliphatic heterocycles. The highest BCUT2D eigenvalue weighted by atomic mass is 16.5. The zero-order chi connectivity index (χ0) is 19.5. The molecule has 2 aromatic rings. The predicted octanol–water partition coefficient (Wildman–Crippen LogP) is 4.72. The topological polar surface area (TPSA) is 38.8 Å². The molecule has 0 N–H and O–H groups in total. The molecule has 0 saturated carbocycles. The summed E-state index contributed by atoms with van der Waals surface area (Å²) in [5.74, 6) is 1.65. The number of nitrogens with zero attached hydrogens (tertiary/aromatic N) is 1. The van der Waals surface area contributed by atoms with E-state index in [1.165, 1.54) is 24.8 Å². The number of ether oxygens (including phenoxy) is 2. The summed E-state index contributed by atoms with van der Waals surface area (Å²) in [5.41, 5.74) is 2.07. The zero-order valence-corrected chi connectivity index (χ0v) is 16.8. The van der Waals surface area contributed by atoms with E-state index in [0.29, 0.717) is 29.1 Å². The normalized spacial score (nSPS) is 24.6. The summed E-state index contributed by atoms with van der Waals surface area (Å²) in [7, 11) is 3.24. The van der Waals surface area contributed by atoms with Crippen molar-refractivity contribution in [2.45, 2.75) is 50.7 Å². The molecule has 2 atom stereocenters. The van der Waals surface area contributed by atoms with Gasteiger partial charge in [-0.05, 0) is 43.4 Å². The van der Waals surface area contributed by atoms with Crippen LogP contribution in [0, 0.1) is 5.92 Å². The van der Waals surface area contributed by atoms with Gasteiger partial charge in [-0.2, -0.15) is 0 Å². The number of fused-ring (bicyclic) bond motifs is 2. The van der Waals surface area contributed by atoms with Gasteiger partial charge in [-0.15, -0.1) is 0 Å². The number of methoxy groups -OCH3 is 2. The molecule has 0 aromatic heterocycles. The number of hydrogen-bond acceptors (Lipinski definition) is 4. The molecule has 0 radical (unpaired) electrons. The van der Waals surface area contributed by atoms with Crippen molar-refractivity contribution in [3.8, 4) is 11.5 Å². The van der Waals surface area contributed by atoms with Gasteiger partial charge < -0.3 is 9.47 Å². The van der Waals surface area contributed by atoms with Gasteiger partial charge in [0.2, 0.25) is 0 Å². The van der Waals surface area contributed by atoms with Gasteiger partial charge in [-0.3, -0.25) is 9.69 Å². The molecule has 2 unspecified atom stereocenters. The standard InChI is InChI=1S/C24H29NO3/c1-27-22-13-19(14-23(15-22)28-2)24(26)18-11-20-9-6-10-21(12-18)25(20)16-17-7-4-3-5-8-17/h3-5,7-8,13-15,18,20-21H,6,9-12,16H2,1-2H3. The molecule has 0 spiro atoms. The quantitative estimate of drug-likeness (QED) is 0.681. The minimum Gasteiger partial charge on any atom is -0.497 e. The summed E-state index contributed by atoms with van der Waals surface area (Å²) in [6.45, 7) is 0.990. The van der Waals surface area contributed by atoms with Crippen molar-refractivity contribution >= 4 is 5.78 Å². The first-order chi connectivity index (χ1) is 13.7. The first-order valence-electron chi connectivity index (χ1n) is 10.2. The molecular formula is C24H29NO3. The van der Waals surface area contributed by atoms with Crippen LogP contribution in [-0.2, 0) is 6.54 Å². The molecule has 4 heteroatoms. The number of carbonyl (C=O) groups is 1. The van der Waals surface area contributed by atoms with Crippen LogP contribution in [0.5, 0.6) is 11.5 Å². The summed E-state index contributed by atoms with van der Waals surface area (Å²) >= 11 is 0. The van der Waals surface area contributed by atoms with E-state index in [1.54, 1.807) is 14.2 Å². The summed E-state index contributed by atoms with van der Waals surface area (Å²) in [6.07, 6.45) is 5.54. The van der Waals surface area contributed by atoms with Gasteiger partial charge in [0.15, 0.2) is 5.78 Å². The van der Waals surface area contributed by atoms with E-state index >= 15 is 0 Å². The van der Waals surface area contributed by atoms with Crippen molar-refractivity contribution in [2.75, 3.05) is 14.2 Å². The van der Waals surface area contributed by atoms with Gasteiger partial charge in [0.1, 0.15) is 11.5 Å². The lowest BCUT2D eigenvalue weighted by Crippen LogP contribution is -2.52. The van der Waals surface area contributed by atoms with Crippen molar-refractivity contribution in [3.05, 3.63) is 59.7 Å². The average molecular weight is 380 g/mol. The van der Waals surface area contributed by atoms with Crippen LogP contribution in [0.1, 0.15) is 48.0 Å². The molecule has 4 nitrogen and oxygen atoms in total. The summed E-state index contributed by atoms with van der Waals surface area (Å²) in [5, 5.41) is 0. The SMILES string of the molecule is COc1cc(OC)cc(C(=O)C2CC3CCCC(C2)N3Cc2ccccc2)c1. The number of benzene rings is 2. The first kappa shape index (κ1) is 19.0. The zero-order valence-electron chi connectivity index (χ0n) is 16.8. The fraction of sp³-hybridized carbons (Fsp3) is 0.458. The first-order valence-corrected chi connectivity index (χ1v) is 10.2. The van der Waals surface area contributed by atoms with Crippen molar-refractivity contribution in [1.82, 2.24) is 4.90 Å². The van der Waals surface area contributed by atoms with Crippen LogP contribution in [0.2, 0.25) is 0 Å². The number of carbonyl (C=O) groups excluding carboxylic acids is 1. The summed E-state index contributed by atoms with van der Waals surface area (Å²) < 4.78 is 10.7. The van der Waals surface area contributed by atoms with Crippen molar-refractivity contribution in [2.24, 2.45) is 5.92 Å². The third kappa shape index (κ3) is 3.93. The average Bonchev–Trinajstić information content (AvgIpc) is 2.73. The van der Waals surface area contributed by atoms with Crippen molar-refractivity contribution in [3.63, 3.8) is 0 Å². The van der Waals surface area contributed by atoms with Gasteiger partial charge in [-0.25, -0.2) is 0 Å². The number of hydrogen-bond donors (Lipinski definition) is 0. The van der Waals surface area contributed by atoms with Crippen LogP contribution in [0.15, 0.2) is 48.5 Å². The molecular weight excluding hydrogens is 350 g/mol. The molecule has 2 bridgehead atoms. The molecule has 148 valence electrons. The Labute approximate surface area is 167 Å². The van der Waals surface area contributed by atoms with Crippen LogP contribution in [-0.4, -0.2) is 37.0 Å². The molecule has 28 heavy (non-hydrogen) atoms. The predicted molar refractivity (Wildman–Crippen MR) is 110 cm³/mol. The minimum atomic E-state index is 0.0825. The van der Waals surface area contributed by atoms with Crippen LogP contribution in [0.3, 0.4) is 0 Å². The lowest BCUT2D eigenvalue weighted by Gasteiger charge is -2.48. The second-order valence-electron chi connectivity index (χ2n) is 8.03. The third-order valence-corrected chi connectivity index (χ3v) is 6.34. The Morgan fingerprint density at radius 3 is 2.14 bits per heavy atom. The van der Waals surface area contributed by atoms with E-state index in [0.717, 1.165) is 19.4 Å². The monoisotopic (exact) mass is 379 g/mol. The van der Waals surface area contributed by atoms with E-state index < -0.39 is 0 Å². The van der Waals surface area contributed by atoms with E-state index in [4.69, 9.17) is 9.47 Å². The Kier molecular flexibility index (Phi) is 5.67. The lowest BCUT2D eigenvalue weighted by atomic mass is 9.75. The Morgan fingerprint density at radius 1 is 0.964 bits per heavy atom. The second-order valence-corrected chi connectivity index (χ2v) is 8.03. The van der Waals surface area contributed by atoms with Crippen molar-refractivity contribution < 1.29 is 14.3 Å². The molecule has 2 heterocycles. The van der Waals surface area contributed by atoms with Gasteiger partial charge in [0, 0.05) is 36.2 Å². The third-order valence-electron chi connectivity index (χ3n) is 6.34. The van der Waals surface area contributed by atoms with Gasteiger partial charge in [0.25, 0.3) is 0 Å². The highest BCUT2D eigenvalue weighted by Gasteiger charge is 2.40. The maximum Gasteiger partial charge on any atom is 0.166 e. The van der Waals surface area contributed by atoms with Crippen LogP contribution in [0.4, 0.5) is 0 Å². The smallest absolute Gasteiger partial charge is 0.166 e. The van der Waals surface area contributed by atoms with Crippen LogP contribution >= 0.6 is 0 Å². The fourth-order valence-electron chi connectivity index (χ4n) is 4.93.